The van der Waals surface area contributed by atoms with Crippen LogP contribution in [0.5, 0.6) is 0 Å². The second-order valence-electron chi connectivity index (χ2n) is 6.00. The van der Waals surface area contributed by atoms with Crippen molar-refractivity contribution >= 4 is 0 Å². The number of rotatable bonds is 7. The normalized spacial score (nSPS) is 23.7. The van der Waals surface area contributed by atoms with Crippen molar-refractivity contribution in [2.24, 2.45) is 5.92 Å². The Balaban J connectivity index is 1.94. The first kappa shape index (κ1) is 16.4. The molecule has 21 heavy (non-hydrogen) atoms. The SMILES string of the molecule is CCCNC1COCC1CN(C)C(C)c1ccccc1F. The molecule has 0 saturated carbocycles. The summed E-state index contributed by atoms with van der Waals surface area (Å²) >= 11 is 0. The Kier molecular flexibility index (Phi) is 6.15. The Hall–Kier alpha value is -0.970. The van der Waals surface area contributed by atoms with Gasteiger partial charge in [0.2, 0.25) is 0 Å². The van der Waals surface area contributed by atoms with Crippen molar-refractivity contribution in [3.63, 3.8) is 0 Å². The summed E-state index contributed by atoms with van der Waals surface area (Å²) in [5.74, 6) is 0.343. The molecule has 118 valence electrons. The van der Waals surface area contributed by atoms with Gasteiger partial charge in [-0.2, -0.15) is 0 Å². The molecule has 0 bridgehead atoms. The molecule has 0 aliphatic carbocycles. The van der Waals surface area contributed by atoms with Crippen molar-refractivity contribution in [2.45, 2.75) is 32.4 Å². The minimum Gasteiger partial charge on any atom is -0.379 e. The fraction of sp³-hybridized carbons (Fsp3) is 0.647. The molecular weight excluding hydrogens is 267 g/mol. The number of nitrogens with zero attached hydrogens (tertiary/aromatic N) is 1. The second-order valence-corrected chi connectivity index (χ2v) is 6.00. The predicted molar refractivity (Wildman–Crippen MR) is 83.8 cm³/mol. The van der Waals surface area contributed by atoms with Crippen molar-refractivity contribution in [3.8, 4) is 0 Å². The van der Waals surface area contributed by atoms with Gasteiger partial charge in [0, 0.05) is 30.1 Å². The smallest absolute Gasteiger partial charge is 0.127 e. The lowest BCUT2D eigenvalue weighted by Crippen LogP contribution is -2.41. The topological polar surface area (TPSA) is 24.5 Å². The van der Waals surface area contributed by atoms with Gasteiger partial charge in [-0.05, 0) is 33.0 Å². The standard InChI is InChI=1S/C17H27FN2O/c1-4-9-19-17-12-21-11-14(17)10-20(3)13(2)15-7-5-6-8-16(15)18/h5-8,13-14,17,19H,4,9-12H2,1-3H3. The first-order chi connectivity index (χ1) is 10.1. The van der Waals surface area contributed by atoms with E-state index in [1.165, 1.54) is 6.07 Å². The van der Waals surface area contributed by atoms with E-state index in [0.29, 0.717) is 12.0 Å². The molecular formula is C17H27FN2O. The van der Waals surface area contributed by atoms with Crippen LogP contribution in [0.2, 0.25) is 0 Å². The molecule has 4 heteroatoms. The van der Waals surface area contributed by atoms with Crippen molar-refractivity contribution in [1.82, 2.24) is 10.2 Å². The molecule has 3 atom stereocenters. The van der Waals surface area contributed by atoms with Crippen LogP contribution in [0.3, 0.4) is 0 Å². The van der Waals surface area contributed by atoms with Crippen LogP contribution in [0.25, 0.3) is 0 Å². The Morgan fingerprint density at radius 1 is 1.38 bits per heavy atom. The molecule has 3 unspecified atom stereocenters. The van der Waals surface area contributed by atoms with E-state index in [-0.39, 0.29) is 11.9 Å². The Bertz CT molecular complexity index is 441. The third kappa shape index (κ3) is 4.25. The van der Waals surface area contributed by atoms with Crippen LogP contribution in [0.15, 0.2) is 24.3 Å². The lowest BCUT2D eigenvalue weighted by atomic mass is 10.0. The highest BCUT2D eigenvalue weighted by Gasteiger charge is 2.30. The Morgan fingerprint density at radius 3 is 2.86 bits per heavy atom. The third-order valence-electron chi connectivity index (χ3n) is 4.39. The van der Waals surface area contributed by atoms with Crippen LogP contribution in [0, 0.1) is 11.7 Å². The zero-order valence-corrected chi connectivity index (χ0v) is 13.3. The number of nitrogens with one attached hydrogen (secondary N) is 1. The predicted octanol–water partition coefficient (Wildman–Crippen LogP) is 2.83. The highest BCUT2D eigenvalue weighted by Crippen LogP contribution is 2.24. The molecule has 0 amide bonds. The monoisotopic (exact) mass is 294 g/mol. The maximum absolute atomic E-state index is 13.9. The van der Waals surface area contributed by atoms with Crippen molar-refractivity contribution in [3.05, 3.63) is 35.6 Å². The second kappa shape index (κ2) is 7.87. The summed E-state index contributed by atoms with van der Waals surface area (Å²) in [6, 6.07) is 7.52. The van der Waals surface area contributed by atoms with E-state index in [2.05, 4.69) is 31.1 Å². The van der Waals surface area contributed by atoms with Crippen LogP contribution in [-0.2, 0) is 4.74 Å². The fourth-order valence-electron chi connectivity index (χ4n) is 2.91. The van der Waals surface area contributed by atoms with E-state index < -0.39 is 0 Å². The van der Waals surface area contributed by atoms with Crippen LogP contribution in [-0.4, -0.2) is 44.3 Å². The van der Waals surface area contributed by atoms with Gasteiger partial charge in [-0.3, -0.25) is 4.90 Å². The molecule has 0 aromatic heterocycles. The average molecular weight is 294 g/mol. The lowest BCUT2D eigenvalue weighted by molar-refractivity contribution is 0.163. The summed E-state index contributed by atoms with van der Waals surface area (Å²) in [6.07, 6.45) is 1.13. The molecule has 1 aliphatic heterocycles. The summed E-state index contributed by atoms with van der Waals surface area (Å²) in [5, 5.41) is 3.55. The summed E-state index contributed by atoms with van der Waals surface area (Å²) in [7, 11) is 2.06. The van der Waals surface area contributed by atoms with E-state index in [4.69, 9.17) is 4.74 Å². The summed E-state index contributed by atoms with van der Waals surface area (Å²) in [6.45, 7) is 7.74. The van der Waals surface area contributed by atoms with Crippen LogP contribution in [0.4, 0.5) is 4.39 Å². The van der Waals surface area contributed by atoms with E-state index in [0.717, 1.165) is 38.3 Å². The summed E-state index contributed by atoms with van der Waals surface area (Å²) in [5.41, 5.74) is 0.761. The molecule has 1 heterocycles. The van der Waals surface area contributed by atoms with Crippen LogP contribution in [0.1, 0.15) is 31.9 Å². The largest absolute Gasteiger partial charge is 0.379 e. The molecule has 1 aliphatic rings. The van der Waals surface area contributed by atoms with Gasteiger partial charge in [0.05, 0.1) is 13.2 Å². The molecule has 1 aromatic rings. The summed E-state index contributed by atoms with van der Waals surface area (Å²) < 4.78 is 19.5. The van der Waals surface area contributed by atoms with Gasteiger partial charge in [0.1, 0.15) is 5.82 Å². The molecule has 1 N–H and O–H groups in total. The van der Waals surface area contributed by atoms with E-state index >= 15 is 0 Å². The fourth-order valence-corrected chi connectivity index (χ4v) is 2.91. The first-order valence-electron chi connectivity index (χ1n) is 7.89. The van der Waals surface area contributed by atoms with Crippen molar-refractivity contribution < 1.29 is 9.13 Å². The number of hydrogen-bond donors (Lipinski definition) is 1. The van der Waals surface area contributed by atoms with Gasteiger partial charge in [-0.1, -0.05) is 25.1 Å². The zero-order valence-electron chi connectivity index (χ0n) is 13.3. The number of benzene rings is 1. The van der Waals surface area contributed by atoms with Gasteiger partial charge in [0.15, 0.2) is 0 Å². The van der Waals surface area contributed by atoms with Crippen LogP contribution >= 0.6 is 0 Å². The highest BCUT2D eigenvalue weighted by molar-refractivity contribution is 5.20. The van der Waals surface area contributed by atoms with Gasteiger partial charge >= 0.3 is 0 Å². The maximum atomic E-state index is 13.9. The highest BCUT2D eigenvalue weighted by atomic mass is 19.1. The minimum atomic E-state index is -0.125. The Morgan fingerprint density at radius 2 is 2.14 bits per heavy atom. The van der Waals surface area contributed by atoms with Gasteiger partial charge < -0.3 is 10.1 Å². The number of hydrogen-bond acceptors (Lipinski definition) is 3. The maximum Gasteiger partial charge on any atom is 0.127 e. The molecule has 2 rings (SSSR count). The minimum absolute atomic E-state index is 0.0682. The molecule has 0 spiro atoms. The van der Waals surface area contributed by atoms with Crippen molar-refractivity contribution in [1.29, 1.82) is 0 Å². The van der Waals surface area contributed by atoms with Crippen LogP contribution < -0.4 is 5.32 Å². The molecule has 0 radical (unpaired) electrons. The van der Waals surface area contributed by atoms with Gasteiger partial charge in [-0.15, -0.1) is 0 Å². The number of ether oxygens (including phenoxy) is 1. The molecule has 1 saturated heterocycles. The zero-order chi connectivity index (χ0) is 15.2. The van der Waals surface area contributed by atoms with E-state index in [1.807, 2.05) is 12.1 Å². The van der Waals surface area contributed by atoms with Crippen molar-refractivity contribution in [2.75, 3.05) is 33.4 Å². The van der Waals surface area contributed by atoms with Gasteiger partial charge in [0.25, 0.3) is 0 Å². The third-order valence-corrected chi connectivity index (χ3v) is 4.39. The molecule has 3 nitrogen and oxygen atoms in total. The Labute approximate surface area is 127 Å². The summed E-state index contributed by atoms with van der Waals surface area (Å²) in [4.78, 5) is 2.22. The number of halogens is 1. The molecule has 1 fully saturated rings. The van der Waals surface area contributed by atoms with Gasteiger partial charge in [-0.25, -0.2) is 4.39 Å². The quantitative estimate of drug-likeness (QED) is 0.837. The van der Waals surface area contributed by atoms with E-state index in [1.54, 1.807) is 6.07 Å². The molecule has 1 aromatic carbocycles. The van der Waals surface area contributed by atoms with E-state index in [9.17, 15) is 4.39 Å². The first-order valence-corrected chi connectivity index (χ1v) is 7.89. The lowest BCUT2D eigenvalue weighted by Gasteiger charge is -2.30. The average Bonchev–Trinajstić information content (AvgIpc) is 2.92.